The number of hydrogen-bond donors (Lipinski definition) is 3. The predicted octanol–water partition coefficient (Wildman–Crippen LogP) is 3.11. The van der Waals surface area contributed by atoms with Crippen molar-refractivity contribution in [3.8, 4) is 0 Å². The van der Waals surface area contributed by atoms with E-state index in [1.165, 1.54) is 0 Å². The van der Waals surface area contributed by atoms with Gasteiger partial charge in [0.05, 0.1) is 6.10 Å². The maximum Gasteiger partial charge on any atom is 0.320 e. The van der Waals surface area contributed by atoms with E-state index in [1.54, 1.807) is 0 Å². The largest absolute Gasteiger partial charge is 0.393 e. The van der Waals surface area contributed by atoms with Gasteiger partial charge in [-0.25, -0.2) is 4.79 Å². The van der Waals surface area contributed by atoms with Crippen molar-refractivity contribution in [2.45, 2.75) is 70.4 Å². The number of piperidine rings is 1. The number of aliphatic hydroxyl groups is 1. The van der Waals surface area contributed by atoms with Gasteiger partial charge in [0.25, 0.3) is 0 Å². The molecule has 1 saturated carbocycles. The van der Waals surface area contributed by atoms with Crippen LogP contribution in [0.2, 0.25) is 0 Å². The number of carbonyl (C=O) groups is 2. The SMILES string of the molecule is Cc1cccc(C)c1NC(=O)NC1(C(=O)N2CCC(O)CC2)CCCCC1. The molecule has 1 aliphatic heterocycles. The quantitative estimate of drug-likeness (QED) is 0.761. The summed E-state index contributed by atoms with van der Waals surface area (Å²) in [6, 6.07) is 5.57. The molecule has 0 spiro atoms. The maximum absolute atomic E-state index is 13.3. The number of aryl methyl sites for hydroxylation is 2. The highest BCUT2D eigenvalue weighted by molar-refractivity contribution is 5.97. The Labute approximate surface area is 161 Å². The van der Waals surface area contributed by atoms with E-state index in [0.29, 0.717) is 38.8 Å². The average Bonchev–Trinajstić information content (AvgIpc) is 2.65. The summed E-state index contributed by atoms with van der Waals surface area (Å²) < 4.78 is 0. The molecule has 0 unspecified atom stereocenters. The van der Waals surface area contributed by atoms with Gasteiger partial charge in [-0.15, -0.1) is 0 Å². The van der Waals surface area contributed by atoms with Crippen LogP contribution in [0.5, 0.6) is 0 Å². The molecule has 1 saturated heterocycles. The molecule has 1 aromatic rings. The Balaban J connectivity index is 1.74. The smallest absolute Gasteiger partial charge is 0.320 e. The Bertz CT molecular complexity index is 670. The highest BCUT2D eigenvalue weighted by atomic mass is 16.3. The van der Waals surface area contributed by atoms with Gasteiger partial charge in [0.2, 0.25) is 5.91 Å². The van der Waals surface area contributed by atoms with Gasteiger partial charge in [0, 0.05) is 18.8 Å². The Morgan fingerprint density at radius 3 is 2.26 bits per heavy atom. The molecule has 1 aliphatic carbocycles. The van der Waals surface area contributed by atoms with E-state index in [1.807, 2.05) is 36.9 Å². The summed E-state index contributed by atoms with van der Waals surface area (Å²) in [5.41, 5.74) is 1.97. The highest BCUT2D eigenvalue weighted by Gasteiger charge is 2.44. The Hall–Kier alpha value is -2.08. The van der Waals surface area contributed by atoms with Crippen molar-refractivity contribution in [2.24, 2.45) is 0 Å². The third-order valence-corrected chi connectivity index (χ3v) is 5.94. The molecule has 0 aromatic heterocycles. The summed E-state index contributed by atoms with van der Waals surface area (Å²) in [4.78, 5) is 27.9. The lowest BCUT2D eigenvalue weighted by molar-refractivity contribution is -0.141. The number of likely N-dealkylation sites (tertiary alicyclic amines) is 1. The van der Waals surface area contributed by atoms with Crippen molar-refractivity contribution in [3.05, 3.63) is 29.3 Å². The lowest BCUT2D eigenvalue weighted by Gasteiger charge is -2.42. The first-order valence-corrected chi connectivity index (χ1v) is 10.0. The topological polar surface area (TPSA) is 81.7 Å². The Kier molecular flexibility index (Phi) is 6.05. The van der Waals surface area contributed by atoms with Crippen molar-refractivity contribution in [3.63, 3.8) is 0 Å². The first kappa shape index (κ1) is 19.7. The second kappa shape index (κ2) is 8.30. The van der Waals surface area contributed by atoms with Crippen LogP contribution in [0, 0.1) is 13.8 Å². The minimum atomic E-state index is -0.832. The summed E-state index contributed by atoms with van der Waals surface area (Å²) >= 11 is 0. The first-order valence-electron chi connectivity index (χ1n) is 10.0. The minimum absolute atomic E-state index is 0.00533. The molecule has 0 radical (unpaired) electrons. The van der Waals surface area contributed by atoms with Crippen LogP contribution in [0.4, 0.5) is 10.5 Å². The highest BCUT2D eigenvalue weighted by Crippen LogP contribution is 2.31. The van der Waals surface area contributed by atoms with Gasteiger partial charge in [0.15, 0.2) is 0 Å². The number of carbonyl (C=O) groups excluding carboxylic acids is 2. The molecule has 1 aromatic carbocycles. The van der Waals surface area contributed by atoms with E-state index in [-0.39, 0.29) is 18.0 Å². The minimum Gasteiger partial charge on any atom is -0.393 e. The zero-order chi connectivity index (χ0) is 19.4. The predicted molar refractivity (Wildman–Crippen MR) is 106 cm³/mol. The molecule has 148 valence electrons. The van der Waals surface area contributed by atoms with E-state index in [0.717, 1.165) is 36.1 Å². The van der Waals surface area contributed by atoms with Crippen LogP contribution in [0.25, 0.3) is 0 Å². The van der Waals surface area contributed by atoms with Crippen LogP contribution in [0.1, 0.15) is 56.1 Å². The summed E-state index contributed by atoms with van der Waals surface area (Å²) in [5, 5.41) is 15.7. The lowest BCUT2D eigenvalue weighted by Crippen LogP contribution is -2.62. The van der Waals surface area contributed by atoms with Crippen LogP contribution in [0.3, 0.4) is 0 Å². The van der Waals surface area contributed by atoms with Gasteiger partial charge in [0.1, 0.15) is 5.54 Å². The van der Waals surface area contributed by atoms with E-state index in [9.17, 15) is 14.7 Å². The number of benzene rings is 1. The second-order valence-electron chi connectivity index (χ2n) is 8.01. The fourth-order valence-corrected chi connectivity index (χ4v) is 4.29. The fraction of sp³-hybridized carbons (Fsp3) is 0.619. The first-order chi connectivity index (χ1) is 12.9. The zero-order valence-corrected chi connectivity index (χ0v) is 16.4. The molecular weight excluding hydrogens is 342 g/mol. The third kappa shape index (κ3) is 4.43. The maximum atomic E-state index is 13.3. The summed E-state index contributed by atoms with van der Waals surface area (Å²) in [7, 11) is 0. The summed E-state index contributed by atoms with van der Waals surface area (Å²) in [5.74, 6) is 0.00533. The van der Waals surface area contributed by atoms with E-state index in [2.05, 4.69) is 10.6 Å². The average molecular weight is 373 g/mol. The third-order valence-electron chi connectivity index (χ3n) is 5.94. The monoisotopic (exact) mass is 373 g/mol. The summed E-state index contributed by atoms with van der Waals surface area (Å²) in [6.07, 6.45) is 5.20. The number of anilines is 1. The lowest BCUT2D eigenvalue weighted by atomic mass is 9.80. The molecular formula is C21H31N3O3. The van der Waals surface area contributed by atoms with Crippen LogP contribution >= 0.6 is 0 Å². The van der Waals surface area contributed by atoms with Crippen LogP contribution in [-0.4, -0.2) is 46.7 Å². The van der Waals surface area contributed by atoms with Crippen molar-refractivity contribution in [2.75, 3.05) is 18.4 Å². The molecule has 2 aliphatic rings. The normalized spacial score (nSPS) is 20.2. The Morgan fingerprint density at radius 1 is 1.07 bits per heavy atom. The number of amides is 3. The molecule has 1 heterocycles. The molecule has 0 bridgehead atoms. The molecule has 6 heteroatoms. The van der Waals surface area contributed by atoms with E-state index in [4.69, 9.17) is 0 Å². The fourth-order valence-electron chi connectivity index (χ4n) is 4.29. The number of nitrogens with one attached hydrogen (secondary N) is 2. The van der Waals surface area contributed by atoms with Gasteiger partial charge < -0.3 is 20.6 Å². The summed E-state index contributed by atoms with van der Waals surface area (Å²) in [6.45, 7) is 5.04. The van der Waals surface area contributed by atoms with Crippen molar-refractivity contribution >= 4 is 17.6 Å². The molecule has 0 atom stereocenters. The van der Waals surface area contributed by atoms with Crippen molar-refractivity contribution in [1.29, 1.82) is 0 Å². The number of urea groups is 1. The molecule has 2 fully saturated rings. The van der Waals surface area contributed by atoms with Gasteiger partial charge in [-0.2, -0.15) is 0 Å². The van der Waals surface area contributed by atoms with E-state index < -0.39 is 5.54 Å². The second-order valence-corrected chi connectivity index (χ2v) is 8.01. The zero-order valence-electron chi connectivity index (χ0n) is 16.4. The van der Waals surface area contributed by atoms with Gasteiger partial charge in [-0.1, -0.05) is 37.5 Å². The molecule has 3 N–H and O–H groups in total. The van der Waals surface area contributed by atoms with E-state index >= 15 is 0 Å². The molecule has 3 amide bonds. The van der Waals surface area contributed by atoms with Gasteiger partial charge in [-0.05, 0) is 50.7 Å². The number of nitrogens with zero attached hydrogens (tertiary/aromatic N) is 1. The van der Waals surface area contributed by atoms with Crippen LogP contribution in [-0.2, 0) is 4.79 Å². The van der Waals surface area contributed by atoms with Crippen LogP contribution in [0.15, 0.2) is 18.2 Å². The van der Waals surface area contributed by atoms with Crippen LogP contribution < -0.4 is 10.6 Å². The molecule has 6 nitrogen and oxygen atoms in total. The number of para-hydroxylation sites is 1. The number of aliphatic hydroxyl groups excluding tert-OH is 1. The van der Waals surface area contributed by atoms with Crippen molar-refractivity contribution < 1.29 is 14.7 Å². The standard InChI is InChI=1S/C21H31N3O3/c1-15-7-6-8-16(2)18(15)22-20(27)23-21(11-4-3-5-12-21)19(26)24-13-9-17(25)10-14-24/h6-8,17,25H,3-5,9-14H2,1-2H3,(H2,22,23,27). The Morgan fingerprint density at radius 2 is 1.67 bits per heavy atom. The number of hydrogen-bond acceptors (Lipinski definition) is 3. The molecule has 27 heavy (non-hydrogen) atoms. The van der Waals surface area contributed by atoms with Gasteiger partial charge >= 0.3 is 6.03 Å². The van der Waals surface area contributed by atoms with Crippen molar-refractivity contribution in [1.82, 2.24) is 10.2 Å². The van der Waals surface area contributed by atoms with Gasteiger partial charge in [-0.3, -0.25) is 4.79 Å². The molecule has 3 rings (SSSR count). The number of rotatable bonds is 3.